The maximum Gasteiger partial charge on any atom is 0.153 e. The molecule has 2 heterocycles. The van der Waals surface area contributed by atoms with Crippen LogP contribution in [0.25, 0.3) is 0 Å². The van der Waals surface area contributed by atoms with E-state index in [0.717, 1.165) is 31.0 Å². The fraction of sp³-hybridized carbons (Fsp3) is 0.778. The average molecular weight is 180 g/mol. The molecule has 4 heteroatoms. The molecule has 4 nitrogen and oxygen atoms in total. The number of aryl methyl sites for hydroxylation is 1. The molecule has 2 rings (SSSR count). The van der Waals surface area contributed by atoms with Crippen molar-refractivity contribution >= 4 is 0 Å². The van der Waals surface area contributed by atoms with Crippen LogP contribution < -0.4 is 5.73 Å². The molecule has 1 atom stereocenters. The topological polar surface area (TPSA) is 56.7 Å². The molecule has 0 saturated carbocycles. The van der Waals surface area contributed by atoms with E-state index in [1.54, 1.807) is 0 Å². The lowest BCUT2D eigenvalue weighted by molar-refractivity contribution is 0.420. The summed E-state index contributed by atoms with van der Waals surface area (Å²) in [6.45, 7) is 5.05. The van der Waals surface area contributed by atoms with Crippen LogP contribution in [0.4, 0.5) is 0 Å². The smallest absolute Gasteiger partial charge is 0.153 e. The van der Waals surface area contributed by atoms with Gasteiger partial charge in [0, 0.05) is 18.4 Å². The lowest BCUT2D eigenvalue weighted by Gasteiger charge is -2.17. The van der Waals surface area contributed by atoms with Crippen molar-refractivity contribution in [2.24, 2.45) is 5.73 Å². The van der Waals surface area contributed by atoms with Crippen LogP contribution in [-0.2, 0) is 13.0 Å². The molecule has 0 saturated heterocycles. The highest BCUT2D eigenvalue weighted by Gasteiger charge is 2.19. The van der Waals surface area contributed by atoms with Crippen LogP contribution in [0, 0.1) is 0 Å². The van der Waals surface area contributed by atoms with Gasteiger partial charge < -0.3 is 5.73 Å². The SMILES string of the molecule is CC(C)c1nc2n(n1)CC(N)CC2. The molecule has 1 aromatic heterocycles. The van der Waals surface area contributed by atoms with E-state index >= 15 is 0 Å². The van der Waals surface area contributed by atoms with Gasteiger partial charge in [0.15, 0.2) is 5.82 Å². The second kappa shape index (κ2) is 3.10. The molecule has 1 aliphatic heterocycles. The van der Waals surface area contributed by atoms with Gasteiger partial charge in [0.25, 0.3) is 0 Å². The molecule has 2 N–H and O–H groups in total. The third kappa shape index (κ3) is 1.58. The Bertz CT molecular complexity index is 303. The van der Waals surface area contributed by atoms with Crippen LogP contribution in [0.2, 0.25) is 0 Å². The number of hydrogen-bond donors (Lipinski definition) is 1. The third-order valence-corrected chi connectivity index (χ3v) is 2.43. The molecular formula is C9H16N4. The van der Waals surface area contributed by atoms with Crippen molar-refractivity contribution in [3.63, 3.8) is 0 Å². The first kappa shape index (κ1) is 8.69. The second-order valence-electron chi connectivity index (χ2n) is 4.02. The summed E-state index contributed by atoms with van der Waals surface area (Å²) in [4.78, 5) is 4.48. The Morgan fingerprint density at radius 3 is 3.00 bits per heavy atom. The van der Waals surface area contributed by atoms with Gasteiger partial charge in [-0.05, 0) is 6.42 Å². The predicted molar refractivity (Wildman–Crippen MR) is 50.4 cm³/mol. The fourth-order valence-electron chi connectivity index (χ4n) is 1.60. The maximum atomic E-state index is 5.85. The minimum Gasteiger partial charge on any atom is -0.326 e. The summed E-state index contributed by atoms with van der Waals surface area (Å²) in [6.07, 6.45) is 2.01. The first-order valence-corrected chi connectivity index (χ1v) is 4.86. The molecule has 1 aliphatic rings. The van der Waals surface area contributed by atoms with E-state index in [1.807, 2.05) is 4.68 Å². The van der Waals surface area contributed by atoms with E-state index in [1.165, 1.54) is 0 Å². The van der Waals surface area contributed by atoms with E-state index in [2.05, 4.69) is 23.9 Å². The summed E-state index contributed by atoms with van der Waals surface area (Å²) in [5, 5.41) is 4.43. The maximum absolute atomic E-state index is 5.85. The molecule has 1 aromatic rings. The molecule has 0 bridgehead atoms. The lowest BCUT2D eigenvalue weighted by Crippen LogP contribution is -2.32. The Hall–Kier alpha value is -0.900. The highest BCUT2D eigenvalue weighted by atomic mass is 15.4. The molecule has 0 aliphatic carbocycles. The van der Waals surface area contributed by atoms with E-state index in [9.17, 15) is 0 Å². The third-order valence-electron chi connectivity index (χ3n) is 2.43. The van der Waals surface area contributed by atoms with Crippen molar-refractivity contribution in [3.8, 4) is 0 Å². The number of aromatic nitrogens is 3. The Balaban J connectivity index is 2.28. The largest absolute Gasteiger partial charge is 0.326 e. The van der Waals surface area contributed by atoms with Crippen molar-refractivity contribution < 1.29 is 0 Å². The molecule has 0 amide bonds. The Kier molecular flexibility index (Phi) is 2.07. The van der Waals surface area contributed by atoms with Gasteiger partial charge in [0.05, 0.1) is 6.54 Å². The minimum absolute atomic E-state index is 0.259. The number of fused-ring (bicyclic) bond motifs is 1. The number of rotatable bonds is 1. The van der Waals surface area contributed by atoms with Gasteiger partial charge in [-0.15, -0.1) is 0 Å². The summed E-state index contributed by atoms with van der Waals surface area (Å²) in [5.41, 5.74) is 5.85. The summed E-state index contributed by atoms with van der Waals surface area (Å²) < 4.78 is 1.96. The molecule has 13 heavy (non-hydrogen) atoms. The van der Waals surface area contributed by atoms with Crippen LogP contribution in [0.1, 0.15) is 37.8 Å². The Labute approximate surface area is 78.1 Å². The van der Waals surface area contributed by atoms with Crippen molar-refractivity contribution in [1.82, 2.24) is 14.8 Å². The minimum atomic E-state index is 0.259. The molecular weight excluding hydrogens is 164 g/mol. The van der Waals surface area contributed by atoms with Crippen molar-refractivity contribution in [1.29, 1.82) is 0 Å². The van der Waals surface area contributed by atoms with Crippen LogP contribution >= 0.6 is 0 Å². The Morgan fingerprint density at radius 2 is 2.31 bits per heavy atom. The lowest BCUT2D eigenvalue weighted by atomic mass is 10.1. The molecule has 0 aromatic carbocycles. The molecule has 72 valence electrons. The van der Waals surface area contributed by atoms with Gasteiger partial charge in [-0.2, -0.15) is 5.10 Å². The van der Waals surface area contributed by atoms with Gasteiger partial charge in [-0.1, -0.05) is 13.8 Å². The highest BCUT2D eigenvalue weighted by molar-refractivity contribution is 5.00. The summed E-state index contributed by atoms with van der Waals surface area (Å²) in [7, 11) is 0. The molecule has 0 radical (unpaired) electrons. The van der Waals surface area contributed by atoms with Gasteiger partial charge in [-0.25, -0.2) is 9.67 Å². The zero-order chi connectivity index (χ0) is 9.42. The van der Waals surface area contributed by atoms with Crippen molar-refractivity contribution in [2.45, 2.75) is 45.2 Å². The van der Waals surface area contributed by atoms with Crippen molar-refractivity contribution in [2.75, 3.05) is 0 Å². The van der Waals surface area contributed by atoms with E-state index in [0.29, 0.717) is 5.92 Å². The van der Waals surface area contributed by atoms with Gasteiger partial charge in [0.1, 0.15) is 5.82 Å². The summed E-state index contributed by atoms with van der Waals surface area (Å²) >= 11 is 0. The van der Waals surface area contributed by atoms with Gasteiger partial charge in [-0.3, -0.25) is 0 Å². The zero-order valence-corrected chi connectivity index (χ0v) is 8.20. The van der Waals surface area contributed by atoms with Crippen LogP contribution in [0.5, 0.6) is 0 Å². The van der Waals surface area contributed by atoms with E-state index < -0.39 is 0 Å². The van der Waals surface area contributed by atoms with Crippen LogP contribution in [-0.4, -0.2) is 20.8 Å². The normalized spacial score (nSPS) is 22.0. The number of nitrogens with zero attached hydrogens (tertiary/aromatic N) is 3. The number of hydrogen-bond acceptors (Lipinski definition) is 3. The highest BCUT2D eigenvalue weighted by Crippen LogP contribution is 2.15. The van der Waals surface area contributed by atoms with Crippen LogP contribution in [0.3, 0.4) is 0 Å². The summed E-state index contributed by atoms with van der Waals surface area (Å²) in [6, 6.07) is 0.259. The molecule has 0 fully saturated rings. The van der Waals surface area contributed by atoms with Gasteiger partial charge in [0.2, 0.25) is 0 Å². The quantitative estimate of drug-likeness (QED) is 0.691. The molecule has 0 spiro atoms. The zero-order valence-electron chi connectivity index (χ0n) is 8.20. The molecule has 1 unspecified atom stereocenters. The number of nitrogens with two attached hydrogens (primary N) is 1. The fourth-order valence-corrected chi connectivity index (χ4v) is 1.60. The standard InChI is InChI=1S/C9H16N4/c1-6(2)9-11-8-4-3-7(10)5-13(8)12-9/h6-7H,3-5,10H2,1-2H3. The first-order valence-electron chi connectivity index (χ1n) is 4.86. The van der Waals surface area contributed by atoms with Crippen molar-refractivity contribution in [3.05, 3.63) is 11.6 Å². The monoisotopic (exact) mass is 180 g/mol. The summed E-state index contributed by atoms with van der Waals surface area (Å²) in [5.74, 6) is 2.46. The predicted octanol–water partition coefficient (Wildman–Crippen LogP) is 0.675. The second-order valence-corrected chi connectivity index (χ2v) is 4.02. The average Bonchev–Trinajstić information content (AvgIpc) is 2.46. The van der Waals surface area contributed by atoms with E-state index in [-0.39, 0.29) is 6.04 Å². The van der Waals surface area contributed by atoms with E-state index in [4.69, 9.17) is 5.73 Å². The first-order chi connectivity index (χ1) is 6.16. The van der Waals surface area contributed by atoms with Crippen LogP contribution in [0.15, 0.2) is 0 Å². The Morgan fingerprint density at radius 1 is 1.54 bits per heavy atom. The van der Waals surface area contributed by atoms with Gasteiger partial charge >= 0.3 is 0 Å².